The molecule has 3 heteroatoms. The van der Waals surface area contributed by atoms with Gasteiger partial charge in [0.15, 0.2) is 0 Å². The molecule has 1 aromatic rings. The molecule has 1 N–H and O–H groups in total. The maximum Gasteiger partial charge on any atom is 0.124 e. The van der Waals surface area contributed by atoms with Crippen LogP contribution in [0.25, 0.3) is 0 Å². The Morgan fingerprint density at radius 1 is 1.67 bits per heavy atom. The third kappa shape index (κ3) is 1.40. The fourth-order valence-corrected chi connectivity index (χ4v) is 0.544. The van der Waals surface area contributed by atoms with E-state index in [1.165, 1.54) is 18.3 Å². The Hall–Kier alpha value is -1.09. The van der Waals surface area contributed by atoms with Gasteiger partial charge in [0.05, 0.1) is 5.69 Å². The zero-order valence-corrected chi connectivity index (χ0v) is 4.74. The van der Waals surface area contributed by atoms with Crippen LogP contribution >= 0.6 is 0 Å². The van der Waals surface area contributed by atoms with Gasteiger partial charge in [-0.05, 0) is 6.07 Å². The van der Waals surface area contributed by atoms with E-state index in [9.17, 15) is 5.11 Å². The molecule has 0 atom stereocenters. The summed E-state index contributed by atoms with van der Waals surface area (Å²) in [4.78, 5) is 3.69. The van der Waals surface area contributed by atoms with E-state index in [1.807, 2.05) is 0 Å². The van der Waals surface area contributed by atoms with Crippen LogP contribution in [0.4, 0.5) is 0 Å². The van der Waals surface area contributed by atoms with Crippen molar-refractivity contribution in [3.63, 3.8) is 0 Å². The van der Waals surface area contributed by atoms with E-state index >= 15 is 0 Å². The molecule has 0 amide bonds. The Labute approximate surface area is 52.6 Å². The average molecular weight is 124 g/mol. The zero-order chi connectivity index (χ0) is 6.69. The Kier molecular flexibility index (Phi) is 1.65. The molecular weight excluding hydrogens is 118 g/mol. The number of hydrogen-bond acceptors (Lipinski definition) is 2. The van der Waals surface area contributed by atoms with Gasteiger partial charge in [-0.1, -0.05) is 0 Å². The molecule has 1 heterocycles. The zero-order valence-electron chi connectivity index (χ0n) is 4.74. The lowest BCUT2D eigenvalue weighted by Gasteiger charge is -1.91. The predicted molar refractivity (Wildman–Crippen MR) is 30.3 cm³/mol. The third-order valence-corrected chi connectivity index (χ3v) is 0.948. The van der Waals surface area contributed by atoms with E-state index in [1.54, 1.807) is 0 Å². The van der Waals surface area contributed by atoms with Crippen LogP contribution in [0.5, 0.6) is 5.75 Å². The van der Waals surface area contributed by atoms with Crippen molar-refractivity contribution in [2.45, 2.75) is 6.61 Å². The molecule has 0 fully saturated rings. The highest BCUT2D eigenvalue weighted by Crippen LogP contribution is 2.06. The van der Waals surface area contributed by atoms with Gasteiger partial charge in [-0.15, -0.1) is 0 Å². The smallest absolute Gasteiger partial charge is 0.124 e. The number of rotatable bonds is 1. The number of aromatic nitrogens is 1. The number of pyridine rings is 1. The van der Waals surface area contributed by atoms with Crippen LogP contribution in [0.15, 0.2) is 18.3 Å². The molecule has 0 aliphatic heterocycles. The largest absolute Gasteiger partial charge is 0.508 e. The Morgan fingerprint density at radius 3 is 2.89 bits per heavy atom. The number of hydrogen-bond donors (Lipinski definition) is 1. The summed E-state index contributed by atoms with van der Waals surface area (Å²) >= 11 is 0. The lowest BCUT2D eigenvalue weighted by Crippen LogP contribution is -1.84. The minimum absolute atomic E-state index is 0.0934. The van der Waals surface area contributed by atoms with E-state index in [0.717, 1.165) is 0 Å². The highest BCUT2D eigenvalue weighted by molar-refractivity contribution is 5.19. The molecule has 1 radical (unpaired) electrons. The molecule has 0 unspecified atom stereocenters. The van der Waals surface area contributed by atoms with Crippen molar-refractivity contribution in [3.8, 4) is 5.75 Å². The molecule has 0 aliphatic rings. The van der Waals surface area contributed by atoms with Gasteiger partial charge < -0.3 is 5.11 Å². The van der Waals surface area contributed by atoms with Crippen molar-refractivity contribution < 1.29 is 10.2 Å². The van der Waals surface area contributed by atoms with Crippen LogP contribution in [0.3, 0.4) is 0 Å². The van der Waals surface area contributed by atoms with E-state index < -0.39 is 0 Å². The van der Waals surface area contributed by atoms with E-state index in [-0.39, 0.29) is 12.4 Å². The van der Waals surface area contributed by atoms with Crippen LogP contribution in [-0.4, -0.2) is 10.1 Å². The fraction of sp³-hybridized carbons (Fsp3) is 0.167. The first kappa shape index (κ1) is 6.04. The average Bonchev–Trinajstić information content (AvgIpc) is 1.88. The third-order valence-electron chi connectivity index (χ3n) is 0.948. The quantitative estimate of drug-likeness (QED) is 0.599. The fourth-order valence-electron chi connectivity index (χ4n) is 0.544. The monoisotopic (exact) mass is 124 g/mol. The normalized spacial score (nSPS) is 9.44. The van der Waals surface area contributed by atoms with Crippen LogP contribution in [0.2, 0.25) is 0 Å². The molecule has 0 bridgehead atoms. The molecule has 0 saturated heterocycles. The van der Waals surface area contributed by atoms with Gasteiger partial charge in [-0.2, -0.15) is 0 Å². The molecule has 3 nitrogen and oxygen atoms in total. The van der Waals surface area contributed by atoms with Gasteiger partial charge in [-0.3, -0.25) is 4.98 Å². The van der Waals surface area contributed by atoms with Gasteiger partial charge >= 0.3 is 0 Å². The van der Waals surface area contributed by atoms with Crippen molar-refractivity contribution in [2.24, 2.45) is 0 Å². The van der Waals surface area contributed by atoms with Crippen molar-refractivity contribution in [3.05, 3.63) is 24.0 Å². The van der Waals surface area contributed by atoms with Crippen LogP contribution in [0.1, 0.15) is 5.69 Å². The minimum Gasteiger partial charge on any atom is -0.508 e. The Morgan fingerprint density at radius 2 is 2.44 bits per heavy atom. The van der Waals surface area contributed by atoms with Crippen LogP contribution in [-0.2, 0) is 11.7 Å². The van der Waals surface area contributed by atoms with Crippen LogP contribution in [0, 0.1) is 0 Å². The van der Waals surface area contributed by atoms with Gasteiger partial charge in [-0.25, -0.2) is 5.11 Å². The molecule has 9 heavy (non-hydrogen) atoms. The summed E-state index contributed by atoms with van der Waals surface area (Å²) in [5.74, 6) is 0.0934. The van der Waals surface area contributed by atoms with Gasteiger partial charge in [0.2, 0.25) is 0 Å². The Bertz CT molecular complexity index is 200. The molecular formula is C6H6NO2. The topological polar surface area (TPSA) is 53.0 Å². The first-order valence-electron chi connectivity index (χ1n) is 2.55. The van der Waals surface area contributed by atoms with Crippen molar-refractivity contribution >= 4 is 0 Å². The molecule has 47 valence electrons. The van der Waals surface area contributed by atoms with E-state index in [4.69, 9.17) is 5.11 Å². The first-order chi connectivity index (χ1) is 4.33. The summed E-state index contributed by atoms with van der Waals surface area (Å²) in [6.07, 6.45) is 1.41. The SMILES string of the molecule is [O]Cc1cc(O)ccn1. The van der Waals surface area contributed by atoms with Gasteiger partial charge in [0, 0.05) is 12.3 Å². The maximum absolute atomic E-state index is 10.1. The first-order valence-corrected chi connectivity index (χ1v) is 2.55. The lowest BCUT2D eigenvalue weighted by atomic mass is 10.3. The molecule has 0 saturated carbocycles. The second-order valence-electron chi connectivity index (χ2n) is 1.65. The summed E-state index contributed by atoms with van der Waals surface area (Å²) in [7, 11) is 0. The second-order valence-corrected chi connectivity index (χ2v) is 1.65. The summed E-state index contributed by atoms with van der Waals surface area (Å²) in [6, 6.07) is 2.78. The van der Waals surface area contributed by atoms with Gasteiger partial charge in [0.25, 0.3) is 0 Å². The standard InChI is InChI=1S/C6H6NO2/c8-4-5-3-6(9)1-2-7-5/h1-3H,4H2,(H,7,9). The Balaban J connectivity index is 2.94. The molecule has 0 aliphatic carbocycles. The van der Waals surface area contributed by atoms with Crippen molar-refractivity contribution in [2.75, 3.05) is 0 Å². The summed E-state index contributed by atoms with van der Waals surface area (Å²) in [5, 5.41) is 18.9. The van der Waals surface area contributed by atoms with E-state index in [0.29, 0.717) is 5.69 Å². The predicted octanol–water partition coefficient (Wildman–Crippen LogP) is 0.718. The number of aromatic hydroxyl groups is 1. The molecule has 0 aromatic carbocycles. The van der Waals surface area contributed by atoms with E-state index in [2.05, 4.69) is 4.98 Å². The molecule has 1 rings (SSSR count). The van der Waals surface area contributed by atoms with Crippen molar-refractivity contribution in [1.82, 2.24) is 4.98 Å². The summed E-state index contributed by atoms with van der Waals surface area (Å²) in [6.45, 7) is -0.381. The minimum atomic E-state index is -0.381. The second kappa shape index (κ2) is 2.46. The summed E-state index contributed by atoms with van der Waals surface area (Å²) < 4.78 is 0. The van der Waals surface area contributed by atoms with Crippen molar-refractivity contribution in [1.29, 1.82) is 0 Å². The summed E-state index contributed by atoms with van der Waals surface area (Å²) in [5.41, 5.74) is 0.370. The lowest BCUT2D eigenvalue weighted by molar-refractivity contribution is 0.173. The van der Waals surface area contributed by atoms with Crippen LogP contribution < -0.4 is 0 Å². The maximum atomic E-state index is 10.1. The number of nitrogens with zero attached hydrogens (tertiary/aromatic N) is 1. The molecule has 0 spiro atoms. The molecule has 1 aromatic heterocycles. The highest BCUT2D eigenvalue weighted by atomic mass is 16.3. The highest BCUT2D eigenvalue weighted by Gasteiger charge is 1.91. The van der Waals surface area contributed by atoms with Gasteiger partial charge in [0.1, 0.15) is 12.4 Å².